The van der Waals surface area contributed by atoms with Crippen molar-refractivity contribution in [1.82, 2.24) is 4.90 Å². The molecule has 1 aromatic rings. The van der Waals surface area contributed by atoms with Gasteiger partial charge in [-0.05, 0) is 25.7 Å². The molecule has 0 spiro atoms. The number of benzene rings is 1. The van der Waals surface area contributed by atoms with Crippen LogP contribution in [-0.4, -0.2) is 46.0 Å². The normalized spacial score (nSPS) is 19.1. The van der Waals surface area contributed by atoms with Crippen molar-refractivity contribution in [2.75, 3.05) is 26.4 Å². The molecule has 1 aromatic carbocycles. The zero-order chi connectivity index (χ0) is 14.0. The highest BCUT2D eigenvalue weighted by Gasteiger charge is 2.22. The quantitative estimate of drug-likeness (QED) is 0.834. The Morgan fingerprint density at radius 1 is 1.42 bits per heavy atom. The Labute approximate surface area is 114 Å². The van der Waals surface area contributed by atoms with Crippen LogP contribution in [0.15, 0.2) is 23.1 Å². The second-order valence-corrected chi connectivity index (χ2v) is 6.77. The van der Waals surface area contributed by atoms with E-state index in [2.05, 4.69) is 11.8 Å². The second kappa shape index (κ2) is 5.48. The van der Waals surface area contributed by atoms with Gasteiger partial charge in [0.1, 0.15) is 5.75 Å². The summed E-state index contributed by atoms with van der Waals surface area (Å²) in [4.78, 5) is 2.35. The molecule has 0 saturated heterocycles. The van der Waals surface area contributed by atoms with Gasteiger partial charge in [-0.1, -0.05) is 13.0 Å². The first-order valence-corrected chi connectivity index (χ1v) is 8.09. The third-order valence-electron chi connectivity index (χ3n) is 3.15. The fraction of sp³-hybridized carbons (Fsp3) is 0.538. The standard InChI is InChI=1S/C13H19NO4S/c1-4-14(2)8-13-17-9-10-5-6-11(19(3,15)16)7-12(10)18-13/h5-7,13H,4,8-9H2,1-3H3. The molecule has 0 bridgehead atoms. The summed E-state index contributed by atoms with van der Waals surface area (Å²) >= 11 is 0. The minimum atomic E-state index is -3.21. The minimum Gasteiger partial charge on any atom is -0.463 e. The number of rotatable bonds is 4. The average molecular weight is 285 g/mol. The molecule has 1 aliphatic heterocycles. The van der Waals surface area contributed by atoms with Gasteiger partial charge in [-0.25, -0.2) is 8.42 Å². The summed E-state index contributed by atoms with van der Waals surface area (Å²) in [5.74, 6) is 0.601. The van der Waals surface area contributed by atoms with E-state index in [0.29, 0.717) is 18.9 Å². The number of fused-ring (bicyclic) bond motifs is 1. The molecule has 1 atom stereocenters. The maximum absolute atomic E-state index is 11.5. The third-order valence-corrected chi connectivity index (χ3v) is 4.26. The van der Waals surface area contributed by atoms with Crippen molar-refractivity contribution in [2.24, 2.45) is 0 Å². The summed E-state index contributed by atoms with van der Waals surface area (Å²) in [6, 6.07) is 4.90. The van der Waals surface area contributed by atoms with E-state index in [-0.39, 0.29) is 11.2 Å². The maximum atomic E-state index is 11.5. The molecule has 0 amide bonds. The van der Waals surface area contributed by atoms with Crippen LogP contribution in [0.5, 0.6) is 5.75 Å². The predicted octanol–water partition coefficient (Wildman–Crippen LogP) is 1.28. The van der Waals surface area contributed by atoms with Crippen molar-refractivity contribution < 1.29 is 17.9 Å². The summed E-state index contributed by atoms with van der Waals surface area (Å²) in [5.41, 5.74) is 0.878. The Morgan fingerprint density at radius 2 is 2.16 bits per heavy atom. The molecule has 0 radical (unpaired) electrons. The predicted molar refractivity (Wildman–Crippen MR) is 71.9 cm³/mol. The molecule has 1 unspecified atom stereocenters. The second-order valence-electron chi connectivity index (χ2n) is 4.75. The van der Waals surface area contributed by atoms with Crippen LogP contribution in [0.4, 0.5) is 0 Å². The highest BCUT2D eigenvalue weighted by atomic mass is 32.2. The van der Waals surface area contributed by atoms with Crippen molar-refractivity contribution in [3.8, 4) is 5.75 Å². The van der Waals surface area contributed by atoms with Gasteiger partial charge < -0.3 is 14.4 Å². The molecular formula is C13H19NO4S. The van der Waals surface area contributed by atoms with E-state index in [1.165, 1.54) is 6.26 Å². The monoisotopic (exact) mass is 285 g/mol. The lowest BCUT2D eigenvalue weighted by atomic mass is 10.2. The topological polar surface area (TPSA) is 55.8 Å². The summed E-state index contributed by atoms with van der Waals surface area (Å²) in [6.07, 6.45) is 0.836. The number of ether oxygens (including phenoxy) is 2. The van der Waals surface area contributed by atoms with Crippen LogP contribution in [0.25, 0.3) is 0 Å². The Balaban J connectivity index is 2.19. The maximum Gasteiger partial charge on any atom is 0.213 e. The first kappa shape index (κ1) is 14.3. The molecule has 2 rings (SSSR count). The zero-order valence-corrected chi connectivity index (χ0v) is 12.2. The number of sulfone groups is 1. The van der Waals surface area contributed by atoms with E-state index in [4.69, 9.17) is 9.47 Å². The smallest absolute Gasteiger partial charge is 0.213 e. The van der Waals surface area contributed by atoms with Crippen molar-refractivity contribution in [1.29, 1.82) is 0 Å². The zero-order valence-electron chi connectivity index (χ0n) is 11.4. The van der Waals surface area contributed by atoms with E-state index < -0.39 is 9.84 Å². The van der Waals surface area contributed by atoms with Gasteiger partial charge in [-0.2, -0.15) is 0 Å². The van der Waals surface area contributed by atoms with Crippen molar-refractivity contribution in [3.63, 3.8) is 0 Å². The molecule has 0 N–H and O–H groups in total. The van der Waals surface area contributed by atoms with Crippen molar-refractivity contribution in [2.45, 2.75) is 24.7 Å². The summed E-state index contributed by atoms with van der Waals surface area (Å²) in [5, 5.41) is 0. The molecule has 1 aliphatic rings. The Morgan fingerprint density at radius 3 is 2.79 bits per heavy atom. The van der Waals surface area contributed by atoms with Crippen LogP contribution in [0.2, 0.25) is 0 Å². The van der Waals surface area contributed by atoms with Gasteiger partial charge in [-0.15, -0.1) is 0 Å². The van der Waals surface area contributed by atoms with Crippen molar-refractivity contribution in [3.05, 3.63) is 23.8 Å². The van der Waals surface area contributed by atoms with Crippen LogP contribution in [-0.2, 0) is 21.2 Å². The van der Waals surface area contributed by atoms with E-state index in [9.17, 15) is 8.42 Å². The van der Waals surface area contributed by atoms with Crippen LogP contribution < -0.4 is 4.74 Å². The van der Waals surface area contributed by atoms with E-state index in [1.54, 1.807) is 18.2 Å². The lowest BCUT2D eigenvalue weighted by Crippen LogP contribution is -2.37. The number of likely N-dealkylation sites (N-methyl/N-ethyl adjacent to an activating group) is 1. The van der Waals surface area contributed by atoms with Gasteiger partial charge in [-0.3, -0.25) is 0 Å². The van der Waals surface area contributed by atoms with E-state index in [0.717, 1.165) is 12.1 Å². The minimum absolute atomic E-state index is 0.274. The molecule has 19 heavy (non-hydrogen) atoms. The summed E-state index contributed by atoms with van der Waals surface area (Å²) < 4.78 is 34.4. The highest BCUT2D eigenvalue weighted by molar-refractivity contribution is 7.90. The summed E-state index contributed by atoms with van der Waals surface area (Å²) in [6.45, 7) is 4.05. The van der Waals surface area contributed by atoms with Gasteiger partial charge in [0.25, 0.3) is 0 Å². The third kappa shape index (κ3) is 3.46. The van der Waals surface area contributed by atoms with Crippen molar-refractivity contribution >= 4 is 9.84 Å². The van der Waals surface area contributed by atoms with E-state index >= 15 is 0 Å². The first-order valence-electron chi connectivity index (χ1n) is 6.20. The van der Waals surface area contributed by atoms with E-state index in [1.807, 2.05) is 7.05 Å². The Kier molecular flexibility index (Phi) is 4.13. The van der Waals surface area contributed by atoms with Crippen LogP contribution in [0.3, 0.4) is 0 Å². The molecule has 0 fully saturated rings. The van der Waals surface area contributed by atoms with Crippen LogP contribution in [0.1, 0.15) is 12.5 Å². The fourth-order valence-corrected chi connectivity index (χ4v) is 2.46. The molecule has 106 valence electrons. The average Bonchev–Trinajstić information content (AvgIpc) is 2.36. The molecular weight excluding hydrogens is 266 g/mol. The SMILES string of the molecule is CCN(C)CC1OCc2ccc(S(C)(=O)=O)cc2O1. The number of hydrogen-bond donors (Lipinski definition) is 0. The Bertz CT molecular complexity index is 556. The molecule has 0 aliphatic carbocycles. The van der Waals surface area contributed by atoms with Crippen LogP contribution >= 0.6 is 0 Å². The van der Waals surface area contributed by atoms with Gasteiger partial charge in [0.05, 0.1) is 18.0 Å². The molecule has 5 nitrogen and oxygen atoms in total. The Hall–Kier alpha value is -1.11. The van der Waals surface area contributed by atoms with Gasteiger partial charge in [0.2, 0.25) is 6.29 Å². The van der Waals surface area contributed by atoms with Crippen LogP contribution in [0, 0.1) is 0 Å². The fourth-order valence-electron chi connectivity index (χ4n) is 1.83. The van der Waals surface area contributed by atoms with Gasteiger partial charge >= 0.3 is 0 Å². The lowest BCUT2D eigenvalue weighted by Gasteiger charge is -2.29. The number of nitrogens with zero attached hydrogens (tertiary/aromatic N) is 1. The lowest BCUT2D eigenvalue weighted by molar-refractivity contribution is -0.118. The molecule has 0 aromatic heterocycles. The summed E-state index contributed by atoms with van der Waals surface area (Å²) in [7, 11) is -1.23. The number of hydrogen-bond acceptors (Lipinski definition) is 5. The highest BCUT2D eigenvalue weighted by Crippen LogP contribution is 2.29. The van der Waals surface area contributed by atoms with Gasteiger partial charge in [0, 0.05) is 11.8 Å². The molecule has 1 heterocycles. The van der Waals surface area contributed by atoms with Gasteiger partial charge in [0.15, 0.2) is 9.84 Å². The largest absolute Gasteiger partial charge is 0.463 e. The molecule has 6 heteroatoms. The molecule has 0 saturated carbocycles. The first-order chi connectivity index (χ1) is 8.90.